The standard InChI is InChI=1S/C25H33NO2/c1-19-17-22-14-16-26(15-10-5-3-4-9-13-24(27)28)25(23(22)18-20(19)2)21-11-7-6-8-12-21/h6-8,11-12,17-18,25H,3-5,9-10,13-16H2,1-2H3,(H,27,28). The molecule has 0 saturated heterocycles. The monoisotopic (exact) mass is 379 g/mol. The van der Waals surface area contributed by atoms with Gasteiger partial charge in [0.25, 0.3) is 0 Å². The first-order valence-corrected chi connectivity index (χ1v) is 10.7. The molecule has 0 saturated carbocycles. The normalized spacial score (nSPS) is 16.7. The van der Waals surface area contributed by atoms with E-state index in [0.29, 0.717) is 12.5 Å². The predicted octanol–water partition coefficient (Wildman–Crippen LogP) is 5.68. The van der Waals surface area contributed by atoms with E-state index in [2.05, 4.69) is 61.2 Å². The number of carboxylic acid groups (broad SMARTS) is 1. The summed E-state index contributed by atoms with van der Waals surface area (Å²) in [7, 11) is 0. The van der Waals surface area contributed by atoms with Crippen molar-refractivity contribution in [2.45, 2.75) is 64.8 Å². The Morgan fingerprint density at radius 3 is 2.43 bits per heavy atom. The van der Waals surface area contributed by atoms with Crippen LogP contribution in [0.3, 0.4) is 0 Å². The van der Waals surface area contributed by atoms with Crippen molar-refractivity contribution in [3.8, 4) is 0 Å². The summed E-state index contributed by atoms with van der Waals surface area (Å²) in [5.74, 6) is -0.678. The van der Waals surface area contributed by atoms with Crippen LogP contribution in [-0.4, -0.2) is 29.1 Å². The number of aryl methyl sites for hydroxylation is 2. The van der Waals surface area contributed by atoms with E-state index < -0.39 is 5.97 Å². The molecule has 2 aromatic carbocycles. The van der Waals surface area contributed by atoms with E-state index in [0.717, 1.165) is 38.8 Å². The second kappa shape index (κ2) is 9.88. The van der Waals surface area contributed by atoms with Crippen molar-refractivity contribution >= 4 is 5.97 Å². The number of hydrogen-bond acceptors (Lipinski definition) is 2. The molecular weight excluding hydrogens is 346 g/mol. The lowest BCUT2D eigenvalue weighted by atomic mass is 9.85. The summed E-state index contributed by atoms with van der Waals surface area (Å²) in [5.41, 5.74) is 7.12. The second-order valence-electron chi connectivity index (χ2n) is 8.15. The summed E-state index contributed by atoms with van der Waals surface area (Å²) in [4.78, 5) is 13.2. The molecule has 1 heterocycles. The van der Waals surface area contributed by atoms with Gasteiger partial charge in [0.2, 0.25) is 0 Å². The van der Waals surface area contributed by atoms with E-state index in [1.807, 2.05) is 0 Å². The molecule has 3 nitrogen and oxygen atoms in total. The molecule has 0 spiro atoms. The predicted molar refractivity (Wildman–Crippen MR) is 115 cm³/mol. The van der Waals surface area contributed by atoms with Gasteiger partial charge in [-0.25, -0.2) is 0 Å². The van der Waals surface area contributed by atoms with Crippen LogP contribution in [0.5, 0.6) is 0 Å². The number of fused-ring (bicyclic) bond motifs is 1. The smallest absolute Gasteiger partial charge is 0.303 e. The van der Waals surface area contributed by atoms with Crippen LogP contribution in [0.15, 0.2) is 42.5 Å². The lowest BCUT2D eigenvalue weighted by Gasteiger charge is -2.38. The van der Waals surface area contributed by atoms with Gasteiger partial charge in [-0.05, 0) is 67.5 Å². The molecular formula is C25H33NO2. The summed E-state index contributed by atoms with van der Waals surface area (Å²) in [5, 5.41) is 8.73. The maximum absolute atomic E-state index is 10.6. The van der Waals surface area contributed by atoms with Crippen molar-refractivity contribution in [3.63, 3.8) is 0 Å². The van der Waals surface area contributed by atoms with Gasteiger partial charge in [-0.2, -0.15) is 0 Å². The van der Waals surface area contributed by atoms with E-state index >= 15 is 0 Å². The summed E-state index contributed by atoms with van der Waals surface area (Å²) in [6.45, 7) is 6.64. The average molecular weight is 380 g/mol. The number of hydrogen-bond donors (Lipinski definition) is 1. The van der Waals surface area contributed by atoms with Gasteiger partial charge in [-0.1, -0.05) is 61.7 Å². The molecule has 0 radical (unpaired) electrons. The molecule has 3 rings (SSSR count). The number of rotatable bonds is 9. The molecule has 0 amide bonds. The SMILES string of the molecule is Cc1cc2c(cc1C)C(c1ccccc1)N(CCCCCCCC(=O)O)CC2. The van der Waals surface area contributed by atoms with Crippen LogP contribution in [0, 0.1) is 13.8 Å². The molecule has 1 atom stereocenters. The maximum Gasteiger partial charge on any atom is 0.303 e. The fourth-order valence-electron chi connectivity index (χ4n) is 4.35. The first-order valence-electron chi connectivity index (χ1n) is 10.7. The van der Waals surface area contributed by atoms with Crippen molar-refractivity contribution in [2.75, 3.05) is 13.1 Å². The van der Waals surface area contributed by atoms with Crippen LogP contribution >= 0.6 is 0 Å². The number of carbonyl (C=O) groups is 1. The first kappa shape index (κ1) is 20.6. The minimum atomic E-state index is -0.678. The highest BCUT2D eigenvalue weighted by atomic mass is 16.4. The summed E-state index contributed by atoms with van der Waals surface area (Å²) >= 11 is 0. The van der Waals surface area contributed by atoms with Crippen molar-refractivity contribution in [3.05, 3.63) is 70.3 Å². The van der Waals surface area contributed by atoms with Gasteiger partial charge in [0, 0.05) is 13.0 Å². The molecule has 0 aromatic heterocycles. The van der Waals surface area contributed by atoms with Gasteiger partial charge in [0.1, 0.15) is 0 Å². The lowest BCUT2D eigenvalue weighted by molar-refractivity contribution is -0.137. The molecule has 150 valence electrons. The number of benzene rings is 2. The zero-order valence-corrected chi connectivity index (χ0v) is 17.3. The van der Waals surface area contributed by atoms with Gasteiger partial charge >= 0.3 is 5.97 Å². The first-order chi connectivity index (χ1) is 13.6. The van der Waals surface area contributed by atoms with E-state index in [9.17, 15) is 4.79 Å². The van der Waals surface area contributed by atoms with Crippen LogP contribution < -0.4 is 0 Å². The van der Waals surface area contributed by atoms with E-state index in [1.165, 1.54) is 40.7 Å². The van der Waals surface area contributed by atoms with E-state index in [4.69, 9.17) is 5.11 Å². The minimum absolute atomic E-state index is 0.303. The molecule has 28 heavy (non-hydrogen) atoms. The number of nitrogens with zero attached hydrogens (tertiary/aromatic N) is 1. The Balaban J connectivity index is 1.67. The third kappa shape index (κ3) is 5.23. The molecule has 0 aliphatic carbocycles. The third-order valence-electron chi connectivity index (χ3n) is 6.03. The molecule has 2 aromatic rings. The number of unbranched alkanes of at least 4 members (excludes halogenated alkanes) is 4. The van der Waals surface area contributed by atoms with Crippen LogP contribution in [0.25, 0.3) is 0 Å². The van der Waals surface area contributed by atoms with Crippen LogP contribution in [0.2, 0.25) is 0 Å². The van der Waals surface area contributed by atoms with Gasteiger partial charge in [0.05, 0.1) is 6.04 Å². The summed E-state index contributed by atoms with van der Waals surface area (Å²) in [6, 6.07) is 16.0. The number of aliphatic carboxylic acids is 1. The molecule has 3 heteroatoms. The minimum Gasteiger partial charge on any atom is -0.481 e. The highest BCUT2D eigenvalue weighted by Crippen LogP contribution is 2.36. The molecule has 1 aliphatic heterocycles. The zero-order valence-electron chi connectivity index (χ0n) is 17.3. The molecule has 1 unspecified atom stereocenters. The Morgan fingerprint density at radius 2 is 1.68 bits per heavy atom. The van der Waals surface area contributed by atoms with E-state index in [1.54, 1.807) is 0 Å². The van der Waals surface area contributed by atoms with Gasteiger partial charge in [-0.15, -0.1) is 0 Å². The van der Waals surface area contributed by atoms with Gasteiger partial charge in [-0.3, -0.25) is 9.69 Å². The molecule has 1 aliphatic rings. The summed E-state index contributed by atoms with van der Waals surface area (Å²) in [6.07, 6.45) is 6.74. The molecule has 0 fully saturated rings. The van der Waals surface area contributed by atoms with Gasteiger partial charge < -0.3 is 5.11 Å². The fraction of sp³-hybridized carbons (Fsp3) is 0.480. The zero-order chi connectivity index (χ0) is 19.9. The quantitative estimate of drug-likeness (QED) is 0.570. The second-order valence-corrected chi connectivity index (χ2v) is 8.15. The van der Waals surface area contributed by atoms with Crippen molar-refractivity contribution in [2.24, 2.45) is 0 Å². The average Bonchev–Trinajstić information content (AvgIpc) is 2.68. The Bertz CT molecular complexity index is 785. The van der Waals surface area contributed by atoms with E-state index in [-0.39, 0.29) is 0 Å². The van der Waals surface area contributed by atoms with Crippen LogP contribution in [0.1, 0.15) is 72.4 Å². The topological polar surface area (TPSA) is 40.5 Å². The third-order valence-corrected chi connectivity index (χ3v) is 6.03. The van der Waals surface area contributed by atoms with Crippen LogP contribution in [-0.2, 0) is 11.2 Å². The molecule has 0 bridgehead atoms. The largest absolute Gasteiger partial charge is 0.481 e. The Hall–Kier alpha value is -2.13. The maximum atomic E-state index is 10.6. The van der Waals surface area contributed by atoms with Gasteiger partial charge in [0.15, 0.2) is 0 Å². The van der Waals surface area contributed by atoms with Crippen molar-refractivity contribution in [1.29, 1.82) is 0 Å². The van der Waals surface area contributed by atoms with Crippen LogP contribution in [0.4, 0.5) is 0 Å². The fourth-order valence-corrected chi connectivity index (χ4v) is 4.35. The molecule has 1 N–H and O–H groups in total. The lowest BCUT2D eigenvalue weighted by Crippen LogP contribution is -2.37. The summed E-state index contributed by atoms with van der Waals surface area (Å²) < 4.78 is 0. The number of carboxylic acids is 1. The van der Waals surface area contributed by atoms with Crippen molar-refractivity contribution < 1.29 is 9.90 Å². The highest BCUT2D eigenvalue weighted by molar-refractivity contribution is 5.66. The Morgan fingerprint density at radius 1 is 1.00 bits per heavy atom. The highest BCUT2D eigenvalue weighted by Gasteiger charge is 2.28. The van der Waals surface area contributed by atoms with Crippen molar-refractivity contribution in [1.82, 2.24) is 4.90 Å². The Labute approximate surface area is 169 Å². The Kier molecular flexibility index (Phi) is 7.27.